The molecule has 1 N–H and O–H groups in total. The molecular formula is C16H27N3O. The van der Waals surface area contributed by atoms with Gasteiger partial charge in [-0.1, -0.05) is 19.9 Å². The summed E-state index contributed by atoms with van der Waals surface area (Å²) in [6, 6.07) is 4.34. The predicted octanol–water partition coefficient (Wildman–Crippen LogP) is 2.05. The van der Waals surface area contributed by atoms with Gasteiger partial charge in [-0.25, -0.2) is 0 Å². The van der Waals surface area contributed by atoms with Crippen molar-refractivity contribution in [2.45, 2.75) is 33.4 Å². The molecule has 0 atom stereocenters. The minimum atomic E-state index is 0.687. The Bertz CT molecular complexity index is 370. The lowest BCUT2D eigenvalue weighted by Crippen LogP contribution is -2.26. The van der Waals surface area contributed by atoms with Gasteiger partial charge in [0.15, 0.2) is 0 Å². The molecule has 0 unspecified atom stereocenters. The molecule has 1 aliphatic heterocycles. The lowest BCUT2D eigenvalue weighted by Gasteiger charge is -2.18. The molecule has 0 saturated carbocycles. The van der Waals surface area contributed by atoms with Gasteiger partial charge in [-0.3, -0.25) is 9.88 Å². The van der Waals surface area contributed by atoms with Gasteiger partial charge in [-0.15, -0.1) is 0 Å². The summed E-state index contributed by atoms with van der Waals surface area (Å²) < 4.78 is 5.47. The van der Waals surface area contributed by atoms with E-state index in [9.17, 15) is 0 Å². The second-order valence-electron chi connectivity index (χ2n) is 5.92. The number of nitrogens with one attached hydrogen (secondary N) is 1. The molecular weight excluding hydrogens is 250 g/mol. The zero-order valence-corrected chi connectivity index (χ0v) is 12.8. The topological polar surface area (TPSA) is 37.4 Å². The molecule has 1 aromatic heterocycles. The van der Waals surface area contributed by atoms with Crippen molar-refractivity contribution in [3.63, 3.8) is 0 Å². The van der Waals surface area contributed by atoms with Crippen LogP contribution in [0.5, 0.6) is 0 Å². The van der Waals surface area contributed by atoms with E-state index in [2.05, 4.69) is 41.2 Å². The van der Waals surface area contributed by atoms with Gasteiger partial charge in [0.1, 0.15) is 0 Å². The first kappa shape index (κ1) is 15.4. The number of nitrogens with zero attached hydrogens (tertiary/aromatic N) is 2. The fraction of sp³-hybridized carbons (Fsp3) is 0.688. The van der Waals surface area contributed by atoms with Crippen molar-refractivity contribution in [3.05, 3.63) is 29.6 Å². The Hall–Kier alpha value is -0.970. The largest absolute Gasteiger partial charge is 0.380 e. The van der Waals surface area contributed by atoms with Crippen LogP contribution in [0.2, 0.25) is 0 Å². The molecule has 1 aliphatic rings. The molecule has 112 valence electrons. The van der Waals surface area contributed by atoms with Gasteiger partial charge in [0.2, 0.25) is 0 Å². The highest BCUT2D eigenvalue weighted by molar-refractivity contribution is 5.14. The number of hydrogen-bond donors (Lipinski definition) is 1. The first-order valence-electron chi connectivity index (χ1n) is 7.68. The van der Waals surface area contributed by atoms with Crippen LogP contribution in [0.3, 0.4) is 0 Å². The summed E-state index contributed by atoms with van der Waals surface area (Å²) in [5.74, 6) is 0.687. The zero-order chi connectivity index (χ0) is 14.2. The Morgan fingerprint density at radius 2 is 2.20 bits per heavy atom. The van der Waals surface area contributed by atoms with E-state index in [-0.39, 0.29) is 0 Å². The molecule has 0 aromatic carbocycles. The third-order valence-electron chi connectivity index (χ3n) is 3.47. The van der Waals surface area contributed by atoms with E-state index in [0.717, 1.165) is 58.1 Å². The van der Waals surface area contributed by atoms with Crippen molar-refractivity contribution in [1.82, 2.24) is 15.2 Å². The van der Waals surface area contributed by atoms with Crippen LogP contribution in [-0.4, -0.2) is 42.7 Å². The second-order valence-corrected chi connectivity index (χ2v) is 5.92. The predicted molar refractivity (Wildman–Crippen MR) is 81.5 cm³/mol. The van der Waals surface area contributed by atoms with E-state index in [0.29, 0.717) is 5.92 Å². The Balaban J connectivity index is 1.78. The van der Waals surface area contributed by atoms with E-state index in [1.807, 2.05) is 6.20 Å². The molecule has 0 spiro atoms. The summed E-state index contributed by atoms with van der Waals surface area (Å²) in [6.07, 6.45) is 3.12. The first-order valence-corrected chi connectivity index (χ1v) is 7.68. The maximum absolute atomic E-state index is 5.47. The van der Waals surface area contributed by atoms with Gasteiger partial charge in [0, 0.05) is 39.0 Å². The van der Waals surface area contributed by atoms with E-state index in [1.165, 1.54) is 5.56 Å². The Kier molecular flexibility index (Phi) is 6.43. The molecule has 1 aromatic rings. The average molecular weight is 277 g/mol. The molecule has 20 heavy (non-hydrogen) atoms. The Labute approximate surface area is 122 Å². The number of rotatable bonds is 6. The highest BCUT2D eigenvalue weighted by Gasteiger charge is 2.10. The summed E-state index contributed by atoms with van der Waals surface area (Å²) in [4.78, 5) is 7.00. The van der Waals surface area contributed by atoms with E-state index >= 15 is 0 Å². The molecule has 2 rings (SSSR count). The fourth-order valence-corrected chi connectivity index (χ4v) is 2.34. The summed E-state index contributed by atoms with van der Waals surface area (Å²) in [7, 11) is 0. The normalized spacial score (nSPS) is 17.4. The fourth-order valence-electron chi connectivity index (χ4n) is 2.34. The highest BCUT2D eigenvalue weighted by Crippen LogP contribution is 2.07. The molecule has 0 radical (unpaired) electrons. The molecule has 0 amide bonds. The Morgan fingerprint density at radius 1 is 1.30 bits per heavy atom. The second kappa shape index (κ2) is 8.35. The lowest BCUT2D eigenvalue weighted by atomic mass is 10.2. The van der Waals surface area contributed by atoms with E-state index < -0.39 is 0 Å². The van der Waals surface area contributed by atoms with Crippen LogP contribution < -0.4 is 5.32 Å². The third kappa shape index (κ3) is 5.57. The van der Waals surface area contributed by atoms with Gasteiger partial charge in [0.25, 0.3) is 0 Å². The smallest absolute Gasteiger partial charge is 0.0593 e. The highest BCUT2D eigenvalue weighted by atomic mass is 16.5. The van der Waals surface area contributed by atoms with Crippen molar-refractivity contribution in [1.29, 1.82) is 0 Å². The van der Waals surface area contributed by atoms with Crippen molar-refractivity contribution in [3.8, 4) is 0 Å². The lowest BCUT2D eigenvalue weighted by molar-refractivity contribution is 0.140. The number of aromatic nitrogens is 1. The molecule has 2 heterocycles. The number of pyridine rings is 1. The van der Waals surface area contributed by atoms with Crippen LogP contribution in [0.15, 0.2) is 18.3 Å². The maximum atomic E-state index is 5.47. The van der Waals surface area contributed by atoms with Crippen LogP contribution in [0.1, 0.15) is 31.5 Å². The van der Waals surface area contributed by atoms with Crippen molar-refractivity contribution in [2.75, 3.05) is 32.8 Å². The summed E-state index contributed by atoms with van der Waals surface area (Å²) in [5.41, 5.74) is 2.41. The SMILES string of the molecule is CC(C)CNCc1ccc(CN2CCCOCC2)nc1. The van der Waals surface area contributed by atoms with Crippen LogP contribution in [0, 0.1) is 5.92 Å². The van der Waals surface area contributed by atoms with Gasteiger partial charge in [0.05, 0.1) is 12.3 Å². The molecule has 1 fully saturated rings. The van der Waals surface area contributed by atoms with E-state index in [1.54, 1.807) is 0 Å². The van der Waals surface area contributed by atoms with Gasteiger partial charge in [-0.2, -0.15) is 0 Å². The minimum absolute atomic E-state index is 0.687. The summed E-state index contributed by atoms with van der Waals surface area (Å²) in [5, 5.41) is 3.44. The minimum Gasteiger partial charge on any atom is -0.380 e. The maximum Gasteiger partial charge on any atom is 0.0593 e. The first-order chi connectivity index (χ1) is 9.74. The number of hydrogen-bond acceptors (Lipinski definition) is 4. The number of ether oxygens (including phenoxy) is 1. The quantitative estimate of drug-likeness (QED) is 0.863. The Morgan fingerprint density at radius 3 is 2.95 bits per heavy atom. The third-order valence-corrected chi connectivity index (χ3v) is 3.47. The standard InChI is InChI=1S/C16H27N3O/c1-14(2)10-17-11-15-4-5-16(18-12-15)13-19-6-3-8-20-9-7-19/h4-5,12,14,17H,3,6-11,13H2,1-2H3. The van der Waals surface area contributed by atoms with Crippen LogP contribution in [-0.2, 0) is 17.8 Å². The average Bonchev–Trinajstić information content (AvgIpc) is 2.69. The summed E-state index contributed by atoms with van der Waals surface area (Å²) >= 11 is 0. The van der Waals surface area contributed by atoms with Crippen molar-refractivity contribution < 1.29 is 4.74 Å². The van der Waals surface area contributed by atoms with Crippen molar-refractivity contribution in [2.24, 2.45) is 5.92 Å². The molecule has 4 nitrogen and oxygen atoms in total. The van der Waals surface area contributed by atoms with Crippen molar-refractivity contribution >= 4 is 0 Å². The monoisotopic (exact) mass is 277 g/mol. The molecule has 0 aliphatic carbocycles. The zero-order valence-electron chi connectivity index (χ0n) is 12.8. The van der Waals surface area contributed by atoms with Gasteiger partial charge < -0.3 is 10.1 Å². The van der Waals surface area contributed by atoms with E-state index in [4.69, 9.17) is 4.74 Å². The molecule has 1 saturated heterocycles. The van der Waals surface area contributed by atoms with Crippen LogP contribution in [0.25, 0.3) is 0 Å². The summed E-state index contributed by atoms with van der Waals surface area (Å²) in [6.45, 7) is 11.2. The molecule has 4 heteroatoms. The van der Waals surface area contributed by atoms with Crippen LogP contribution in [0.4, 0.5) is 0 Å². The van der Waals surface area contributed by atoms with Gasteiger partial charge in [-0.05, 0) is 30.5 Å². The molecule has 0 bridgehead atoms. The van der Waals surface area contributed by atoms with Gasteiger partial charge >= 0.3 is 0 Å². The van der Waals surface area contributed by atoms with Crippen LogP contribution >= 0.6 is 0 Å².